The lowest BCUT2D eigenvalue weighted by molar-refractivity contribution is -0.137. The van der Waals surface area contributed by atoms with Crippen LogP contribution in [0.5, 0.6) is 11.5 Å². The summed E-state index contributed by atoms with van der Waals surface area (Å²) in [6.45, 7) is 20.0. The van der Waals surface area contributed by atoms with Crippen molar-refractivity contribution in [2.75, 3.05) is 19.8 Å². The Morgan fingerprint density at radius 2 is 0.705 bits per heavy atom. The highest BCUT2D eigenvalue weighted by molar-refractivity contribution is 7.51. The smallest absolute Gasteiger partial charge is 0.416 e. The molecule has 122 heavy (non-hydrogen) atoms. The Balaban J connectivity index is 0.000000111. The van der Waals surface area contributed by atoms with E-state index in [0.717, 1.165) is 69.9 Å². The highest BCUT2D eigenvalue weighted by Crippen LogP contribution is 2.56. The summed E-state index contributed by atoms with van der Waals surface area (Å²) in [5.74, 6) is 5.73. The van der Waals surface area contributed by atoms with E-state index in [9.17, 15) is 18.0 Å². The maximum absolute atomic E-state index is 13.1. The Kier molecular flexibility index (Phi) is 25.3. The third-order valence-corrected chi connectivity index (χ3v) is 35.5. The monoisotopic (exact) mass is 1710 g/mol. The van der Waals surface area contributed by atoms with Gasteiger partial charge in [-0.25, -0.2) is 0 Å². The van der Waals surface area contributed by atoms with E-state index in [1.165, 1.54) is 165 Å². The lowest BCUT2D eigenvalue weighted by Gasteiger charge is -2.54. The Hall–Kier alpha value is -10.5. The maximum atomic E-state index is 13.1. The van der Waals surface area contributed by atoms with Crippen molar-refractivity contribution in [3.8, 4) is 36.0 Å². The van der Waals surface area contributed by atoms with Gasteiger partial charge in [0.25, 0.3) is 0 Å². The van der Waals surface area contributed by atoms with E-state index in [1.54, 1.807) is 12.1 Å². The van der Waals surface area contributed by atoms with Crippen LogP contribution in [-0.4, -0.2) is 25.9 Å². The van der Waals surface area contributed by atoms with Crippen LogP contribution in [0.1, 0.15) is 119 Å². The molecule has 22 rings (SSSR count). The standard InChI is InChI=1S/C32H35O2S.C26H29OS.C20H12F3OS.C18H19S.C14H11S/c1-20-13-26(35-29-9-5-3-7-27(29)28-8-4-6-10-30(28)35)14-21(2)31(20)33-11-12-34-32-24-16-22-15-23(18-24)19-25(32)17-22;1-4-5-6-11-16-27-26-19(2)17-21(18-20(26)3)28-24-14-9-7-12-22(24)23-13-8-10-15-25(23)28;21-20(22,23)13-10-11-18-16(12-13)19(24)15-8-4-5-9-17(15)25(18)14-6-2-1-3-7-14;1-18(2,3)15-8-10-16(11-9-15)19-13-12-14-6-4-5-7-17(14)19;1-2-7-13(8-3-1)15-11-10-12-6-4-5-9-14(12)15/h3-10,13-14,22-25,32H,11-12,15-19H2,1-2H3;7-10,12-15,17-18H,4-6,11,16H2,1-3H3;1-12H;4-13H,1-3H3;1-11H/q5*+1. The molecule has 12 heteroatoms. The number of rotatable bonds is 16. The van der Waals surface area contributed by atoms with Crippen LogP contribution >= 0.6 is 52.3 Å². The Morgan fingerprint density at radius 3 is 1.15 bits per heavy atom. The number of halogens is 3. The molecule has 4 fully saturated rings. The van der Waals surface area contributed by atoms with Gasteiger partial charge < -0.3 is 14.2 Å². The Morgan fingerprint density at radius 1 is 0.336 bits per heavy atom. The van der Waals surface area contributed by atoms with Crippen LogP contribution in [0.3, 0.4) is 0 Å². The summed E-state index contributed by atoms with van der Waals surface area (Å²) in [5, 5.41) is 13.5. The summed E-state index contributed by atoms with van der Waals surface area (Å²) < 4.78 is 68.4. The van der Waals surface area contributed by atoms with E-state index in [1.807, 2.05) is 42.5 Å². The van der Waals surface area contributed by atoms with Gasteiger partial charge in [-0.15, -0.1) is 0 Å². The van der Waals surface area contributed by atoms with Crippen LogP contribution in [0.25, 0.3) is 105 Å². The first-order chi connectivity index (χ1) is 59.3. The molecular formula is C110H106F3O4S5+5. The predicted molar refractivity (Wildman–Crippen MR) is 522 cm³/mol. The minimum absolute atomic E-state index is 0.0350. The molecule has 4 aliphatic carbocycles. The fourth-order valence-corrected chi connectivity index (χ4v) is 30.3. The average Bonchev–Trinajstić information content (AvgIpc) is 1.44. The first-order valence-electron chi connectivity index (χ1n) is 43.1. The van der Waals surface area contributed by atoms with Crippen molar-refractivity contribution in [3.63, 3.8) is 0 Å². The first kappa shape index (κ1) is 83.7. The summed E-state index contributed by atoms with van der Waals surface area (Å²) in [5.41, 5.74) is 5.43. The van der Waals surface area contributed by atoms with Gasteiger partial charge in [-0.2, -0.15) is 13.2 Å². The fraction of sp³-hybridized carbons (Fsp3) is 0.245. The first-order valence-corrected chi connectivity index (χ1v) is 49.3. The second-order valence-electron chi connectivity index (χ2n) is 34.0. The number of unbranched alkanes of at least 4 members (excludes halogenated alkanes) is 3. The summed E-state index contributed by atoms with van der Waals surface area (Å²) >= 11 is 0. The van der Waals surface area contributed by atoms with Crippen molar-refractivity contribution in [1.29, 1.82) is 0 Å². The van der Waals surface area contributed by atoms with Crippen molar-refractivity contribution in [3.05, 3.63) is 364 Å². The summed E-state index contributed by atoms with van der Waals surface area (Å²) in [7, 11) is -0.427. The number of hydrogen-bond donors (Lipinski definition) is 0. The van der Waals surface area contributed by atoms with Crippen LogP contribution < -0.4 is 14.9 Å². The van der Waals surface area contributed by atoms with Crippen LogP contribution in [0.15, 0.2) is 325 Å². The molecule has 616 valence electrons. The number of fused-ring (bicyclic) bond motifs is 10. The largest absolute Gasteiger partial charge is 0.493 e. The zero-order valence-electron chi connectivity index (χ0n) is 70.8. The van der Waals surface area contributed by atoms with Crippen molar-refractivity contribution in [2.45, 2.75) is 131 Å². The topological polar surface area (TPSA) is 44.8 Å². The molecule has 13 aromatic carbocycles. The van der Waals surface area contributed by atoms with E-state index in [2.05, 4.69) is 303 Å². The molecule has 18 aromatic rings. The second kappa shape index (κ2) is 36.9. The third kappa shape index (κ3) is 17.7. The second-order valence-corrected chi connectivity index (χ2v) is 43.6. The van der Waals surface area contributed by atoms with E-state index >= 15 is 0 Å². The highest BCUT2D eigenvalue weighted by atomic mass is 32.2. The molecule has 0 radical (unpaired) electrons. The van der Waals surface area contributed by atoms with Crippen molar-refractivity contribution < 1.29 is 27.4 Å². The normalized spacial score (nSPS) is 16.5. The van der Waals surface area contributed by atoms with Crippen LogP contribution in [0.2, 0.25) is 0 Å². The van der Waals surface area contributed by atoms with Crippen molar-refractivity contribution in [2.24, 2.45) is 23.7 Å². The molecule has 5 heterocycles. The molecule has 4 bridgehead atoms. The summed E-state index contributed by atoms with van der Waals surface area (Å²) in [6.07, 6.45) is 8.09. The molecular weight excluding hydrogens is 1600 g/mol. The lowest BCUT2D eigenvalue weighted by Crippen LogP contribution is -2.49. The van der Waals surface area contributed by atoms with Gasteiger partial charge in [-0.1, -0.05) is 180 Å². The SMILES string of the molecule is CC(C)(C)c1ccc(-[s+]2ccc3ccccc32)cc1.CCCCCCOc1c(C)cc(-[s+]2c3ccccc3c3ccccc32)cc1C.Cc1cc(-[s+]2c3ccccc3c3ccccc32)cc(C)c1OCCOC1C2CC3CC(C2)CC1C3.O=c1c2ccccc2[s+](-c2ccccc2)c2ccc(C(F)(F)F)cc12.c1ccc(-[s+]2ccc3ccccc32)cc1. The van der Waals surface area contributed by atoms with Gasteiger partial charge >= 0.3 is 6.18 Å². The summed E-state index contributed by atoms with van der Waals surface area (Å²) in [4.78, 5) is 19.4. The van der Waals surface area contributed by atoms with Gasteiger partial charge in [0, 0.05) is 121 Å². The molecule has 0 spiro atoms. The molecule has 0 saturated heterocycles. The third-order valence-electron chi connectivity index (χ3n) is 24.5. The van der Waals surface area contributed by atoms with Gasteiger partial charge in [0.05, 0.1) is 35.7 Å². The van der Waals surface area contributed by atoms with Crippen LogP contribution in [-0.2, 0) is 16.3 Å². The molecule has 0 N–H and O–H groups in total. The van der Waals surface area contributed by atoms with Gasteiger partial charge in [-0.05, 0) is 263 Å². The molecule has 5 aromatic heterocycles. The minimum atomic E-state index is -4.47. The zero-order valence-corrected chi connectivity index (χ0v) is 74.9. The Bertz CT molecular complexity index is 6620. The molecule has 0 aliphatic heterocycles. The van der Waals surface area contributed by atoms with Gasteiger partial charge in [0.1, 0.15) is 28.9 Å². The highest BCUT2D eigenvalue weighted by Gasteiger charge is 2.49. The van der Waals surface area contributed by atoms with E-state index in [4.69, 9.17) is 14.2 Å². The van der Waals surface area contributed by atoms with Gasteiger partial charge in [-0.3, -0.25) is 4.79 Å². The molecule has 4 aliphatic rings. The number of benzene rings is 13. The molecule has 3 atom stereocenters. The van der Waals surface area contributed by atoms with Crippen molar-refractivity contribution in [1.82, 2.24) is 0 Å². The summed E-state index contributed by atoms with van der Waals surface area (Å²) in [6, 6.07) is 107. The number of thiophene rings is 4. The van der Waals surface area contributed by atoms with E-state index in [-0.39, 0.29) is 58.1 Å². The van der Waals surface area contributed by atoms with Crippen molar-refractivity contribution >= 4 is 133 Å². The van der Waals surface area contributed by atoms with E-state index < -0.39 is 22.2 Å². The number of alkyl halides is 3. The fourth-order valence-electron chi connectivity index (χ4n) is 19.0. The molecule has 4 saturated carbocycles. The van der Waals surface area contributed by atoms with Crippen LogP contribution in [0.4, 0.5) is 13.2 Å². The maximum Gasteiger partial charge on any atom is 0.416 e. The number of ether oxygens (including phenoxy) is 3. The lowest BCUT2D eigenvalue weighted by atomic mass is 9.55. The predicted octanol–water partition coefficient (Wildman–Crippen LogP) is 33.4. The minimum Gasteiger partial charge on any atom is -0.493 e. The number of hydrogen-bond acceptors (Lipinski definition) is 4. The Labute approximate surface area is 728 Å². The molecule has 4 nitrogen and oxygen atoms in total. The molecule has 0 amide bonds. The quantitative estimate of drug-likeness (QED) is 0.0549. The van der Waals surface area contributed by atoms with Gasteiger partial charge in [0.15, 0.2) is 62.1 Å². The van der Waals surface area contributed by atoms with Gasteiger partial charge in [0.2, 0.25) is 5.43 Å². The van der Waals surface area contributed by atoms with E-state index in [0.29, 0.717) is 29.4 Å². The van der Waals surface area contributed by atoms with Crippen LogP contribution in [0, 0.1) is 51.4 Å². The number of aryl methyl sites for hydroxylation is 4. The zero-order chi connectivity index (χ0) is 84.2. The average molecular weight is 1710 g/mol. The molecule has 3 unspecified atom stereocenters.